The molecule has 1 aliphatic heterocycles. The standard InChI is InChI=1S/C22H26BrN3O2/c1-17-2-4-18(5-3-17)16-26(22(28)19-6-8-20(23)9-7-19)13-10-21(27)25-14-11-24-12-15-25/h2-9,24H,10-16H2,1H3. The van der Waals surface area contributed by atoms with Crippen LogP contribution in [-0.2, 0) is 11.3 Å². The first kappa shape index (κ1) is 20.6. The summed E-state index contributed by atoms with van der Waals surface area (Å²) in [7, 11) is 0. The quantitative estimate of drug-likeness (QED) is 0.745. The molecule has 28 heavy (non-hydrogen) atoms. The molecular formula is C22H26BrN3O2. The second-order valence-corrected chi connectivity index (χ2v) is 8.02. The molecule has 0 atom stereocenters. The van der Waals surface area contributed by atoms with Gasteiger partial charge in [-0.15, -0.1) is 0 Å². The van der Waals surface area contributed by atoms with Crippen molar-refractivity contribution in [1.82, 2.24) is 15.1 Å². The Balaban J connectivity index is 1.71. The molecule has 0 aromatic heterocycles. The summed E-state index contributed by atoms with van der Waals surface area (Å²) in [4.78, 5) is 29.3. The number of nitrogens with one attached hydrogen (secondary N) is 1. The van der Waals surface area contributed by atoms with E-state index in [1.54, 1.807) is 4.90 Å². The van der Waals surface area contributed by atoms with Gasteiger partial charge in [0.15, 0.2) is 0 Å². The summed E-state index contributed by atoms with van der Waals surface area (Å²) >= 11 is 3.41. The molecule has 0 radical (unpaired) electrons. The van der Waals surface area contributed by atoms with Crippen molar-refractivity contribution in [2.75, 3.05) is 32.7 Å². The second-order valence-electron chi connectivity index (χ2n) is 7.10. The molecule has 0 spiro atoms. The first-order valence-electron chi connectivity index (χ1n) is 9.62. The van der Waals surface area contributed by atoms with E-state index in [1.165, 1.54) is 5.56 Å². The molecule has 0 bridgehead atoms. The van der Waals surface area contributed by atoms with Crippen molar-refractivity contribution in [1.29, 1.82) is 0 Å². The first-order valence-corrected chi connectivity index (χ1v) is 10.4. The number of carbonyl (C=O) groups excluding carboxylic acids is 2. The van der Waals surface area contributed by atoms with Gasteiger partial charge in [0, 0.05) is 55.7 Å². The second kappa shape index (κ2) is 9.85. The number of hydrogen-bond donors (Lipinski definition) is 1. The van der Waals surface area contributed by atoms with Crippen LogP contribution in [0.3, 0.4) is 0 Å². The minimum atomic E-state index is -0.0545. The van der Waals surface area contributed by atoms with Crippen LogP contribution in [0.1, 0.15) is 27.9 Å². The Hall–Kier alpha value is -2.18. The molecule has 1 saturated heterocycles. The smallest absolute Gasteiger partial charge is 0.254 e. The average Bonchev–Trinajstić information content (AvgIpc) is 2.73. The van der Waals surface area contributed by atoms with Gasteiger partial charge in [-0.2, -0.15) is 0 Å². The van der Waals surface area contributed by atoms with E-state index in [-0.39, 0.29) is 11.8 Å². The lowest BCUT2D eigenvalue weighted by atomic mass is 10.1. The molecule has 1 heterocycles. The summed E-state index contributed by atoms with van der Waals surface area (Å²) in [6, 6.07) is 15.5. The minimum absolute atomic E-state index is 0.0545. The molecule has 2 aromatic carbocycles. The molecule has 0 saturated carbocycles. The number of amides is 2. The Morgan fingerprint density at radius 2 is 1.68 bits per heavy atom. The van der Waals surface area contributed by atoms with Crippen LogP contribution in [0.5, 0.6) is 0 Å². The summed E-state index contributed by atoms with van der Waals surface area (Å²) in [6.45, 7) is 6.07. The Morgan fingerprint density at radius 1 is 1.04 bits per heavy atom. The lowest BCUT2D eigenvalue weighted by Gasteiger charge is -2.29. The third-order valence-electron chi connectivity index (χ3n) is 4.94. The number of aryl methyl sites for hydroxylation is 1. The number of piperazine rings is 1. The third kappa shape index (κ3) is 5.66. The van der Waals surface area contributed by atoms with Gasteiger partial charge in [-0.05, 0) is 36.8 Å². The van der Waals surface area contributed by atoms with Crippen LogP contribution >= 0.6 is 15.9 Å². The molecule has 6 heteroatoms. The predicted octanol–water partition coefficient (Wildman–Crippen LogP) is 3.22. The fourth-order valence-corrected chi connectivity index (χ4v) is 3.51. The molecule has 3 rings (SSSR count). The predicted molar refractivity (Wildman–Crippen MR) is 114 cm³/mol. The van der Waals surface area contributed by atoms with Gasteiger partial charge in [-0.1, -0.05) is 45.8 Å². The maximum absolute atomic E-state index is 13.1. The van der Waals surface area contributed by atoms with Gasteiger partial charge in [0.25, 0.3) is 5.91 Å². The van der Waals surface area contributed by atoms with Crippen LogP contribution in [0, 0.1) is 6.92 Å². The van der Waals surface area contributed by atoms with E-state index in [9.17, 15) is 9.59 Å². The van der Waals surface area contributed by atoms with Gasteiger partial charge in [0.2, 0.25) is 5.91 Å². The number of halogens is 1. The Labute approximate surface area is 174 Å². The molecule has 0 aliphatic carbocycles. The van der Waals surface area contributed by atoms with E-state index >= 15 is 0 Å². The molecule has 2 aromatic rings. The van der Waals surface area contributed by atoms with Gasteiger partial charge in [0.1, 0.15) is 0 Å². The van der Waals surface area contributed by atoms with Crippen LogP contribution in [-0.4, -0.2) is 54.3 Å². The average molecular weight is 444 g/mol. The summed E-state index contributed by atoms with van der Waals surface area (Å²) in [5, 5.41) is 3.25. The van der Waals surface area contributed by atoms with Crippen molar-refractivity contribution in [3.63, 3.8) is 0 Å². The highest BCUT2D eigenvalue weighted by atomic mass is 79.9. The number of hydrogen-bond acceptors (Lipinski definition) is 3. The van der Waals surface area contributed by atoms with Crippen molar-refractivity contribution in [2.45, 2.75) is 19.9 Å². The van der Waals surface area contributed by atoms with Crippen molar-refractivity contribution in [3.8, 4) is 0 Å². The van der Waals surface area contributed by atoms with Crippen LogP contribution in [0.2, 0.25) is 0 Å². The van der Waals surface area contributed by atoms with E-state index in [4.69, 9.17) is 0 Å². The van der Waals surface area contributed by atoms with Crippen molar-refractivity contribution < 1.29 is 9.59 Å². The molecule has 1 N–H and O–H groups in total. The zero-order valence-corrected chi connectivity index (χ0v) is 17.7. The summed E-state index contributed by atoms with van der Waals surface area (Å²) < 4.78 is 0.933. The highest BCUT2D eigenvalue weighted by Crippen LogP contribution is 2.15. The van der Waals surface area contributed by atoms with Crippen LogP contribution in [0.25, 0.3) is 0 Å². The van der Waals surface area contributed by atoms with Gasteiger partial charge < -0.3 is 15.1 Å². The molecule has 0 unspecified atom stereocenters. The summed E-state index contributed by atoms with van der Waals surface area (Å²) in [5.74, 6) is 0.0557. The van der Waals surface area contributed by atoms with Crippen molar-refractivity contribution >= 4 is 27.7 Å². The zero-order valence-electron chi connectivity index (χ0n) is 16.2. The van der Waals surface area contributed by atoms with Crippen LogP contribution in [0.4, 0.5) is 0 Å². The minimum Gasteiger partial charge on any atom is -0.340 e. The molecule has 2 amide bonds. The SMILES string of the molecule is Cc1ccc(CN(CCC(=O)N2CCNCC2)C(=O)c2ccc(Br)cc2)cc1. The lowest BCUT2D eigenvalue weighted by molar-refractivity contribution is -0.132. The molecule has 1 fully saturated rings. The van der Waals surface area contributed by atoms with Gasteiger partial charge in [-0.25, -0.2) is 0 Å². The first-order chi connectivity index (χ1) is 13.5. The van der Waals surface area contributed by atoms with Crippen LogP contribution < -0.4 is 5.32 Å². The van der Waals surface area contributed by atoms with E-state index in [2.05, 4.69) is 21.2 Å². The van der Waals surface area contributed by atoms with E-state index in [0.29, 0.717) is 25.1 Å². The topological polar surface area (TPSA) is 52.7 Å². The molecule has 1 aliphatic rings. The summed E-state index contributed by atoms with van der Waals surface area (Å²) in [5.41, 5.74) is 2.87. The molecule has 5 nitrogen and oxygen atoms in total. The van der Waals surface area contributed by atoms with Gasteiger partial charge >= 0.3 is 0 Å². The van der Waals surface area contributed by atoms with E-state index < -0.39 is 0 Å². The van der Waals surface area contributed by atoms with Gasteiger partial charge in [-0.3, -0.25) is 9.59 Å². The van der Waals surface area contributed by atoms with E-state index in [0.717, 1.165) is 36.2 Å². The largest absolute Gasteiger partial charge is 0.340 e. The lowest BCUT2D eigenvalue weighted by Crippen LogP contribution is -2.47. The monoisotopic (exact) mass is 443 g/mol. The number of rotatable bonds is 6. The highest BCUT2D eigenvalue weighted by molar-refractivity contribution is 9.10. The van der Waals surface area contributed by atoms with E-state index in [1.807, 2.05) is 60.4 Å². The highest BCUT2D eigenvalue weighted by Gasteiger charge is 2.21. The fourth-order valence-electron chi connectivity index (χ4n) is 3.24. The van der Waals surface area contributed by atoms with Crippen LogP contribution in [0.15, 0.2) is 53.0 Å². The number of nitrogens with zero attached hydrogens (tertiary/aromatic N) is 2. The third-order valence-corrected chi connectivity index (χ3v) is 5.47. The van der Waals surface area contributed by atoms with Gasteiger partial charge in [0.05, 0.1) is 0 Å². The van der Waals surface area contributed by atoms with Crippen molar-refractivity contribution in [2.24, 2.45) is 0 Å². The number of benzene rings is 2. The fraction of sp³-hybridized carbons (Fsp3) is 0.364. The Kier molecular flexibility index (Phi) is 7.23. The summed E-state index contributed by atoms with van der Waals surface area (Å²) in [6.07, 6.45) is 0.341. The van der Waals surface area contributed by atoms with Crippen molar-refractivity contribution in [3.05, 3.63) is 69.7 Å². The Morgan fingerprint density at radius 3 is 2.32 bits per heavy atom. The Bertz CT molecular complexity index is 800. The zero-order chi connectivity index (χ0) is 19.9. The molecule has 148 valence electrons. The normalized spacial score (nSPS) is 14.0. The maximum Gasteiger partial charge on any atom is 0.254 e. The number of carbonyl (C=O) groups is 2. The maximum atomic E-state index is 13.1. The molecular weight excluding hydrogens is 418 g/mol.